The summed E-state index contributed by atoms with van der Waals surface area (Å²) >= 11 is 2.43. The maximum atomic E-state index is 12.9. The molecule has 0 aromatic heterocycles. The number of benzene rings is 4. The molecular weight excluding hydrogens is 544 g/mol. The lowest BCUT2D eigenvalue weighted by Crippen LogP contribution is -2.14. The molecule has 4 rings (SSSR count). The number of aliphatic hydroxyl groups is 1. The molecule has 0 aliphatic carbocycles. The van der Waals surface area contributed by atoms with Crippen molar-refractivity contribution in [1.29, 1.82) is 0 Å². The van der Waals surface area contributed by atoms with Crippen LogP contribution in [0.5, 0.6) is 11.5 Å². The summed E-state index contributed by atoms with van der Waals surface area (Å²) in [7, 11) is 0. The van der Waals surface area contributed by atoms with E-state index in [0.717, 1.165) is 38.6 Å². The molecule has 4 aromatic rings. The second kappa shape index (κ2) is 14.7. The van der Waals surface area contributed by atoms with Crippen molar-refractivity contribution in [3.63, 3.8) is 0 Å². The first-order chi connectivity index (χ1) is 19.5. The van der Waals surface area contributed by atoms with Crippen molar-refractivity contribution in [1.82, 2.24) is 0 Å². The second-order valence-electron chi connectivity index (χ2n) is 8.66. The molecule has 0 saturated carbocycles. The van der Waals surface area contributed by atoms with Gasteiger partial charge in [0.15, 0.2) is 6.29 Å². The Morgan fingerprint density at radius 2 is 1.50 bits per heavy atom. The SMILES string of the molecule is C=CC(=O)SCCCOc1ccc2c(ccc3cc(SC(=O)c4ccc(OCCOC(O)C=C)cc4)ccc32)c1. The summed E-state index contributed by atoms with van der Waals surface area (Å²) in [4.78, 5) is 25.0. The Hall–Kier alpha value is -3.56. The summed E-state index contributed by atoms with van der Waals surface area (Å²) in [6.07, 6.45) is 2.38. The number of rotatable bonds is 14. The first kappa shape index (κ1) is 29.4. The molecule has 0 fully saturated rings. The Morgan fingerprint density at radius 3 is 2.23 bits per heavy atom. The predicted octanol–water partition coefficient (Wildman–Crippen LogP) is 7.04. The third kappa shape index (κ3) is 8.22. The molecule has 0 amide bonds. The largest absolute Gasteiger partial charge is 0.494 e. The van der Waals surface area contributed by atoms with Crippen LogP contribution < -0.4 is 9.47 Å². The topological polar surface area (TPSA) is 82.1 Å². The van der Waals surface area contributed by atoms with Crippen LogP contribution >= 0.6 is 23.5 Å². The minimum Gasteiger partial charge on any atom is -0.494 e. The number of ether oxygens (including phenoxy) is 3. The molecule has 0 bridgehead atoms. The molecule has 8 heteroatoms. The molecule has 206 valence electrons. The van der Waals surface area contributed by atoms with E-state index in [1.54, 1.807) is 24.3 Å². The van der Waals surface area contributed by atoms with E-state index in [9.17, 15) is 14.7 Å². The summed E-state index contributed by atoms with van der Waals surface area (Å²) < 4.78 is 16.5. The van der Waals surface area contributed by atoms with E-state index in [-0.39, 0.29) is 23.4 Å². The highest BCUT2D eigenvalue weighted by Crippen LogP contribution is 2.32. The summed E-state index contributed by atoms with van der Waals surface area (Å²) in [5.41, 5.74) is 0.577. The number of hydrogen-bond acceptors (Lipinski definition) is 8. The molecule has 40 heavy (non-hydrogen) atoms. The summed E-state index contributed by atoms with van der Waals surface area (Å²) in [6.45, 7) is 7.94. The smallest absolute Gasteiger partial charge is 0.224 e. The van der Waals surface area contributed by atoms with Crippen LogP contribution in [-0.2, 0) is 9.53 Å². The van der Waals surface area contributed by atoms with Gasteiger partial charge in [-0.2, -0.15) is 0 Å². The number of thioether (sulfide) groups is 2. The zero-order valence-corrected chi connectivity index (χ0v) is 23.5. The summed E-state index contributed by atoms with van der Waals surface area (Å²) in [6, 6.07) is 23.1. The lowest BCUT2D eigenvalue weighted by molar-refractivity contribution is -0.107. The van der Waals surface area contributed by atoms with Gasteiger partial charge in [0.1, 0.15) is 18.1 Å². The van der Waals surface area contributed by atoms with Gasteiger partial charge in [0.05, 0.1) is 13.2 Å². The van der Waals surface area contributed by atoms with Gasteiger partial charge in [-0.15, -0.1) is 0 Å². The highest BCUT2D eigenvalue weighted by atomic mass is 32.2. The van der Waals surface area contributed by atoms with Crippen LogP contribution in [0.25, 0.3) is 21.5 Å². The summed E-state index contributed by atoms with van der Waals surface area (Å²) in [5, 5.41) is 13.6. The fraction of sp³-hybridized carbons (Fsp3) is 0.188. The van der Waals surface area contributed by atoms with Crippen LogP contribution in [0.2, 0.25) is 0 Å². The Balaban J connectivity index is 1.34. The quantitative estimate of drug-likeness (QED) is 0.0429. The number of carbonyl (C=O) groups is 2. The first-order valence-electron chi connectivity index (χ1n) is 12.7. The summed E-state index contributed by atoms with van der Waals surface area (Å²) in [5.74, 6) is 2.11. The molecule has 0 heterocycles. The third-order valence-electron chi connectivity index (χ3n) is 5.89. The Labute approximate surface area is 242 Å². The number of fused-ring (bicyclic) bond motifs is 3. The molecule has 1 unspecified atom stereocenters. The minimum atomic E-state index is -1.01. The van der Waals surface area contributed by atoms with Crippen molar-refractivity contribution in [2.75, 3.05) is 25.6 Å². The maximum Gasteiger partial charge on any atom is 0.224 e. The minimum absolute atomic E-state index is 0.0200. The number of carbonyl (C=O) groups excluding carboxylic acids is 2. The van der Waals surface area contributed by atoms with Crippen LogP contribution in [0, 0.1) is 0 Å². The highest BCUT2D eigenvalue weighted by molar-refractivity contribution is 8.14. The Bertz CT molecular complexity index is 1500. The van der Waals surface area contributed by atoms with Gasteiger partial charge >= 0.3 is 0 Å². The molecule has 1 N–H and O–H groups in total. The van der Waals surface area contributed by atoms with Gasteiger partial charge in [-0.05, 0) is 100 Å². The van der Waals surface area contributed by atoms with E-state index in [2.05, 4.69) is 31.4 Å². The first-order valence-corrected chi connectivity index (χ1v) is 14.5. The van der Waals surface area contributed by atoms with E-state index >= 15 is 0 Å². The third-order valence-corrected chi connectivity index (χ3v) is 7.74. The fourth-order valence-corrected chi connectivity index (χ4v) is 5.28. The average molecular weight is 575 g/mol. The number of aliphatic hydroxyl groups excluding tert-OH is 1. The predicted molar refractivity (Wildman–Crippen MR) is 164 cm³/mol. The van der Waals surface area contributed by atoms with Crippen molar-refractivity contribution in [3.05, 3.63) is 104 Å². The van der Waals surface area contributed by atoms with Crippen molar-refractivity contribution in [2.24, 2.45) is 0 Å². The van der Waals surface area contributed by atoms with E-state index in [0.29, 0.717) is 23.7 Å². The zero-order valence-electron chi connectivity index (χ0n) is 21.9. The van der Waals surface area contributed by atoms with Gasteiger partial charge in [0.2, 0.25) is 10.2 Å². The van der Waals surface area contributed by atoms with Gasteiger partial charge < -0.3 is 19.3 Å². The molecule has 1 atom stereocenters. The van der Waals surface area contributed by atoms with E-state index in [1.165, 1.54) is 35.7 Å². The van der Waals surface area contributed by atoms with Gasteiger partial charge in [0, 0.05) is 16.2 Å². The van der Waals surface area contributed by atoms with Crippen LogP contribution in [0.1, 0.15) is 16.8 Å². The van der Waals surface area contributed by atoms with Crippen LogP contribution in [0.3, 0.4) is 0 Å². The molecule has 0 aliphatic rings. The molecule has 6 nitrogen and oxygen atoms in total. The Morgan fingerprint density at radius 1 is 0.825 bits per heavy atom. The normalized spacial score (nSPS) is 11.7. The van der Waals surface area contributed by atoms with Crippen LogP contribution in [0.15, 0.2) is 103 Å². The molecule has 0 spiro atoms. The fourth-order valence-electron chi connectivity index (χ4n) is 3.91. The van der Waals surface area contributed by atoms with Crippen molar-refractivity contribution in [3.8, 4) is 11.5 Å². The van der Waals surface area contributed by atoms with E-state index in [1.807, 2.05) is 30.3 Å². The van der Waals surface area contributed by atoms with Crippen molar-refractivity contribution < 1.29 is 28.9 Å². The number of hydrogen-bond donors (Lipinski definition) is 1. The van der Waals surface area contributed by atoms with Gasteiger partial charge in [0.25, 0.3) is 0 Å². The second-order valence-corrected chi connectivity index (χ2v) is 10.8. The van der Waals surface area contributed by atoms with Crippen LogP contribution in [0.4, 0.5) is 0 Å². The van der Waals surface area contributed by atoms with Gasteiger partial charge in [-0.25, -0.2) is 0 Å². The monoisotopic (exact) mass is 574 g/mol. The molecule has 0 aliphatic heterocycles. The van der Waals surface area contributed by atoms with Gasteiger partial charge in [-0.3, -0.25) is 9.59 Å². The zero-order chi connectivity index (χ0) is 28.3. The molecule has 0 radical (unpaired) electrons. The van der Waals surface area contributed by atoms with Crippen LogP contribution in [-0.4, -0.2) is 47.2 Å². The lowest BCUT2D eigenvalue weighted by atomic mass is 10.0. The van der Waals surface area contributed by atoms with Crippen molar-refractivity contribution in [2.45, 2.75) is 17.6 Å². The van der Waals surface area contributed by atoms with Gasteiger partial charge in [-0.1, -0.05) is 49.2 Å². The average Bonchev–Trinajstić information content (AvgIpc) is 2.98. The molecule has 0 saturated heterocycles. The maximum absolute atomic E-state index is 12.9. The lowest BCUT2D eigenvalue weighted by Gasteiger charge is -2.10. The Kier molecular flexibility index (Phi) is 10.8. The van der Waals surface area contributed by atoms with Crippen molar-refractivity contribution >= 4 is 55.3 Å². The standard InChI is InChI=1S/C32H30O6S2/c1-3-30(33)38-18-17-37-25-10-8-22(9-11-25)32(35)40-27-13-15-29-24(21-27)7-6-23-20-26(12-14-28(23)29)36-16-5-19-39-31(34)4-2/h3-4,6-15,20-21,30,33H,1-2,5,16-19H2. The van der Waals surface area contributed by atoms with E-state index < -0.39 is 6.29 Å². The molecule has 4 aromatic carbocycles. The highest BCUT2D eigenvalue weighted by Gasteiger charge is 2.11. The van der Waals surface area contributed by atoms with E-state index in [4.69, 9.17) is 14.2 Å². The molecular formula is C32H30O6S2.